The summed E-state index contributed by atoms with van der Waals surface area (Å²) in [6, 6.07) is 8.19. The van der Waals surface area contributed by atoms with Crippen LogP contribution in [0.15, 0.2) is 54.9 Å². The summed E-state index contributed by atoms with van der Waals surface area (Å²) in [5, 5.41) is 10.1. The van der Waals surface area contributed by atoms with Crippen LogP contribution in [-0.2, 0) is 0 Å². The first-order chi connectivity index (χ1) is 12.6. The first kappa shape index (κ1) is 17.5. The molecule has 2 heterocycles. The third kappa shape index (κ3) is 3.66. The van der Waals surface area contributed by atoms with Gasteiger partial charge < -0.3 is 5.32 Å². The van der Waals surface area contributed by atoms with Gasteiger partial charge in [0.05, 0.1) is 29.8 Å². The van der Waals surface area contributed by atoms with E-state index in [2.05, 4.69) is 15.7 Å². The fourth-order valence-corrected chi connectivity index (χ4v) is 2.72. The van der Waals surface area contributed by atoms with Gasteiger partial charge in [0.25, 0.3) is 5.91 Å². The molecular weight excluding hydrogens is 330 g/mol. The molecular formula is C19H21N5O2. The maximum Gasteiger partial charge on any atom is 0.328 e. The smallest absolute Gasteiger partial charge is 0.328 e. The Labute approximate surface area is 152 Å². The number of aryl methyl sites for hydroxylation is 1. The van der Waals surface area contributed by atoms with Crippen LogP contribution in [0.2, 0.25) is 0 Å². The molecule has 0 saturated heterocycles. The van der Waals surface area contributed by atoms with Crippen LogP contribution in [0, 0.1) is 6.92 Å². The van der Waals surface area contributed by atoms with Crippen molar-refractivity contribution in [2.45, 2.75) is 13.8 Å². The molecule has 0 saturated carbocycles. The third-order valence-electron chi connectivity index (χ3n) is 4.06. The van der Waals surface area contributed by atoms with Crippen LogP contribution >= 0.6 is 0 Å². The summed E-state index contributed by atoms with van der Waals surface area (Å²) in [5.41, 5.74) is 2.79. The molecule has 2 N–H and O–H groups in total. The molecule has 0 spiro atoms. The predicted molar refractivity (Wildman–Crippen MR) is 101 cm³/mol. The Bertz CT molecular complexity index is 867. The van der Waals surface area contributed by atoms with Gasteiger partial charge in [-0.15, -0.1) is 0 Å². The number of dihydropyridines is 1. The lowest BCUT2D eigenvalue weighted by molar-refractivity contribution is 0.0965. The molecule has 0 aliphatic carbocycles. The lowest BCUT2D eigenvalue weighted by Gasteiger charge is -2.20. The van der Waals surface area contributed by atoms with E-state index in [9.17, 15) is 9.59 Å². The van der Waals surface area contributed by atoms with Gasteiger partial charge in [-0.2, -0.15) is 5.10 Å². The van der Waals surface area contributed by atoms with Crippen molar-refractivity contribution in [3.05, 3.63) is 66.1 Å². The minimum Gasteiger partial charge on any atom is -0.385 e. The van der Waals surface area contributed by atoms with E-state index < -0.39 is 11.9 Å². The molecule has 3 rings (SSSR count). The summed E-state index contributed by atoms with van der Waals surface area (Å²) in [4.78, 5) is 26.4. The highest BCUT2D eigenvalue weighted by Gasteiger charge is 2.21. The van der Waals surface area contributed by atoms with E-state index in [-0.39, 0.29) is 0 Å². The first-order valence-corrected chi connectivity index (χ1v) is 8.43. The molecule has 0 fully saturated rings. The largest absolute Gasteiger partial charge is 0.385 e. The minimum absolute atomic E-state index is 0.414. The highest BCUT2D eigenvalue weighted by Crippen LogP contribution is 2.21. The summed E-state index contributed by atoms with van der Waals surface area (Å²) >= 11 is 0. The van der Waals surface area contributed by atoms with Crippen LogP contribution in [0.3, 0.4) is 0 Å². The lowest BCUT2D eigenvalue weighted by Crippen LogP contribution is -2.43. The molecule has 2 aromatic rings. The monoisotopic (exact) mass is 351 g/mol. The van der Waals surface area contributed by atoms with E-state index in [0.29, 0.717) is 30.0 Å². The number of imide groups is 1. The second-order valence-electron chi connectivity index (χ2n) is 5.81. The van der Waals surface area contributed by atoms with E-state index in [1.54, 1.807) is 35.1 Å². The maximum atomic E-state index is 12.6. The minimum atomic E-state index is -0.473. The van der Waals surface area contributed by atoms with Gasteiger partial charge in [-0.25, -0.2) is 9.48 Å². The summed E-state index contributed by atoms with van der Waals surface area (Å²) in [6.07, 6.45) is 7.53. The van der Waals surface area contributed by atoms with Gasteiger partial charge in [0, 0.05) is 12.1 Å². The number of carbonyl (C=O) groups is 2. The first-order valence-electron chi connectivity index (χ1n) is 8.43. The average Bonchev–Trinajstić information content (AvgIpc) is 3.05. The second kappa shape index (κ2) is 7.69. The molecule has 0 bridgehead atoms. The van der Waals surface area contributed by atoms with Gasteiger partial charge >= 0.3 is 6.03 Å². The number of allylic oxidation sites excluding steroid dienone is 2. The molecule has 26 heavy (non-hydrogen) atoms. The van der Waals surface area contributed by atoms with Crippen molar-refractivity contribution in [3.63, 3.8) is 0 Å². The van der Waals surface area contributed by atoms with Gasteiger partial charge in [0.1, 0.15) is 0 Å². The second-order valence-corrected chi connectivity index (χ2v) is 5.81. The van der Waals surface area contributed by atoms with Crippen LogP contribution in [0.25, 0.3) is 5.70 Å². The molecule has 3 amide bonds. The summed E-state index contributed by atoms with van der Waals surface area (Å²) < 4.78 is 1.75. The lowest BCUT2D eigenvalue weighted by atomic mass is 10.2. The number of benzene rings is 1. The Morgan fingerprint density at radius 2 is 2.08 bits per heavy atom. The number of rotatable bonds is 4. The van der Waals surface area contributed by atoms with Gasteiger partial charge in [-0.05, 0) is 44.3 Å². The highest BCUT2D eigenvalue weighted by atomic mass is 16.2. The Balaban J connectivity index is 1.79. The van der Waals surface area contributed by atoms with Crippen molar-refractivity contribution in [3.8, 4) is 0 Å². The van der Waals surface area contributed by atoms with E-state index in [1.807, 2.05) is 38.3 Å². The zero-order valence-electron chi connectivity index (χ0n) is 14.8. The molecule has 7 nitrogen and oxygen atoms in total. The number of hydrogen-bond donors (Lipinski definition) is 2. The fraction of sp³-hybridized carbons (Fsp3) is 0.211. The molecule has 134 valence electrons. The normalized spacial score (nSPS) is 12.9. The number of nitrogens with zero attached hydrogens (tertiary/aromatic N) is 3. The SMILES string of the molecule is CCN(C(=O)NC(=O)c1ccccc1)c1cn(C2=CC=CNC2)nc1C. The van der Waals surface area contributed by atoms with Crippen molar-refractivity contribution in [1.82, 2.24) is 20.4 Å². The zero-order chi connectivity index (χ0) is 18.5. The van der Waals surface area contributed by atoms with Gasteiger partial charge in [-0.3, -0.25) is 15.0 Å². The van der Waals surface area contributed by atoms with Gasteiger partial charge in [-0.1, -0.05) is 18.2 Å². The summed E-state index contributed by atoms with van der Waals surface area (Å²) in [6.45, 7) is 4.76. The Hall–Kier alpha value is -3.35. The Kier molecular flexibility index (Phi) is 5.17. The predicted octanol–water partition coefficient (Wildman–Crippen LogP) is 2.53. The fourth-order valence-electron chi connectivity index (χ4n) is 2.72. The quantitative estimate of drug-likeness (QED) is 0.887. The van der Waals surface area contributed by atoms with Crippen LogP contribution < -0.4 is 15.5 Å². The summed E-state index contributed by atoms with van der Waals surface area (Å²) in [5.74, 6) is -0.427. The van der Waals surface area contributed by atoms with Crippen LogP contribution in [0.4, 0.5) is 10.5 Å². The van der Waals surface area contributed by atoms with Crippen LogP contribution in [0.1, 0.15) is 23.0 Å². The van der Waals surface area contributed by atoms with E-state index in [1.165, 1.54) is 4.90 Å². The number of amides is 3. The van der Waals surface area contributed by atoms with Crippen molar-refractivity contribution < 1.29 is 9.59 Å². The van der Waals surface area contributed by atoms with Crippen LogP contribution in [0.5, 0.6) is 0 Å². The molecule has 0 unspecified atom stereocenters. The standard InChI is InChI=1S/C19H21N5O2/c1-3-23(19(26)21-18(25)15-8-5-4-6-9-15)17-13-24(22-14(17)2)16-10-7-11-20-12-16/h4-11,13,20H,3,12H2,1-2H3,(H,21,25,26). The Morgan fingerprint density at radius 1 is 1.31 bits per heavy atom. The molecule has 7 heteroatoms. The van der Waals surface area contributed by atoms with Crippen LogP contribution in [-0.4, -0.2) is 34.8 Å². The average molecular weight is 351 g/mol. The van der Waals surface area contributed by atoms with E-state index in [4.69, 9.17) is 0 Å². The maximum absolute atomic E-state index is 12.6. The molecule has 1 aromatic carbocycles. The topological polar surface area (TPSA) is 79.3 Å². The van der Waals surface area contributed by atoms with Crippen molar-refractivity contribution in [2.75, 3.05) is 18.0 Å². The molecule has 1 aliphatic rings. The third-order valence-corrected chi connectivity index (χ3v) is 4.06. The molecule has 1 aliphatic heterocycles. The van der Waals surface area contributed by atoms with Crippen molar-refractivity contribution >= 4 is 23.3 Å². The van der Waals surface area contributed by atoms with Gasteiger partial charge in [0.2, 0.25) is 0 Å². The van der Waals surface area contributed by atoms with Gasteiger partial charge in [0.15, 0.2) is 0 Å². The Morgan fingerprint density at radius 3 is 2.73 bits per heavy atom. The summed E-state index contributed by atoms with van der Waals surface area (Å²) in [7, 11) is 0. The number of hydrogen-bond acceptors (Lipinski definition) is 4. The number of carbonyl (C=O) groups excluding carboxylic acids is 2. The zero-order valence-corrected chi connectivity index (χ0v) is 14.8. The number of urea groups is 1. The van der Waals surface area contributed by atoms with Crippen molar-refractivity contribution in [2.24, 2.45) is 0 Å². The van der Waals surface area contributed by atoms with E-state index >= 15 is 0 Å². The number of aromatic nitrogens is 2. The number of anilines is 1. The molecule has 0 radical (unpaired) electrons. The number of nitrogens with one attached hydrogen (secondary N) is 2. The molecule has 1 aromatic heterocycles. The van der Waals surface area contributed by atoms with Crippen molar-refractivity contribution in [1.29, 1.82) is 0 Å². The van der Waals surface area contributed by atoms with E-state index in [0.717, 1.165) is 5.70 Å². The highest BCUT2D eigenvalue weighted by molar-refractivity contribution is 6.08. The molecule has 0 atom stereocenters.